The zero-order valence-electron chi connectivity index (χ0n) is 9.72. The minimum atomic E-state index is -4.53. The molecule has 0 radical (unpaired) electrons. The second-order valence-electron chi connectivity index (χ2n) is 3.45. The SMILES string of the molecule is O=C(CCBr)c1cc(SC(F)(F)F)ccc1OC(F)F. The Hall–Kier alpha value is -0.830. The molecule has 9 heteroatoms. The number of alkyl halides is 6. The van der Waals surface area contributed by atoms with Gasteiger partial charge in [-0.2, -0.15) is 22.0 Å². The number of Topliss-reactive ketones (excluding diaryl/α,β-unsaturated/α-hetero) is 1. The van der Waals surface area contributed by atoms with Gasteiger partial charge in [-0.25, -0.2) is 0 Å². The van der Waals surface area contributed by atoms with Crippen molar-refractivity contribution >= 4 is 33.5 Å². The number of halogens is 6. The van der Waals surface area contributed by atoms with Crippen molar-refractivity contribution in [2.24, 2.45) is 0 Å². The topological polar surface area (TPSA) is 26.3 Å². The van der Waals surface area contributed by atoms with Crippen LogP contribution in [0, 0.1) is 0 Å². The number of ether oxygens (including phenoxy) is 1. The van der Waals surface area contributed by atoms with Gasteiger partial charge in [0, 0.05) is 16.6 Å². The van der Waals surface area contributed by atoms with Crippen LogP contribution in [-0.4, -0.2) is 23.2 Å². The predicted molar refractivity (Wildman–Crippen MR) is 67.7 cm³/mol. The zero-order valence-corrected chi connectivity index (χ0v) is 12.1. The van der Waals surface area contributed by atoms with E-state index < -0.39 is 35.4 Å². The van der Waals surface area contributed by atoms with E-state index in [2.05, 4.69) is 20.7 Å². The van der Waals surface area contributed by atoms with Crippen LogP contribution in [0.5, 0.6) is 5.75 Å². The van der Waals surface area contributed by atoms with Crippen molar-refractivity contribution in [2.75, 3.05) is 5.33 Å². The van der Waals surface area contributed by atoms with Crippen molar-refractivity contribution in [3.63, 3.8) is 0 Å². The molecule has 0 saturated heterocycles. The number of carbonyl (C=O) groups excluding carboxylic acids is 1. The van der Waals surface area contributed by atoms with Crippen LogP contribution in [0.4, 0.5) is 22.0 Å². The number of thioether (sulfide) groups is 1. The summed E-state index contributed by atoms with van der Waals surface area (Å²) in [6.45, 7) is -3.16. The minimum absolute atomic E-state index is 0.0419. The molecule has 0 atom stereocenters. The van der Waals surface area contributed by atoms with Crippen LogP contribution < -0.4 is 4.74 Å². The van der Waals surface area contributed by atoms with Gasteiger partial charge in [0.1, 0.15) is 5.75 Å². The molecule has 0 aromatic heterocycles. The van der Waals surface area contributed by atoms with E-state index in [1.807, 2.05) is 0 Å². The third kappa shape index (κ3) is 5.66. The highest BCUT2D eigenvalue weighted by atomic mass is 79.9. The molecule has 0 aliphatic rings. The quantitative estimate of drug-likeness (QED) is 0.305. The molecule has 1 aromatic rings. The van der Waals surface area contributed by atoms with Crippen LogP contribution in [-0.2, 0) is 0 Å². The average Bonchev–Trinajstić information content (AvgIpc) is 2.28. The van der Waals surface area contributed by atoms with Crippen molar-refractivity contribution in [1.29, 1.82) is 0 Å². The molecule has 0 heterocycles. The second kappa shape index (κ2) is 7.26. The summed E-state index contributed by atoms with van der Waals surface area (Å²) >= 11 is 2.57. The number of carbonyl (C=O) groups is 1. The maximum atomic E-state index is 12.3. The van der Waals surface area contributed by atoms with E-state index in [1.165, 1.54) is 0 Å². The van der Waals surface area contributed by atoms with Crippen LogP contribution in [0.1, 0.15) is 16.8 Å². The molecular formula is C11H8BrF5O2S. The van der Waals surface area contributed by atoms with Crippen molar-refractivity contribution in [3.8, 4) is 5.75 Å². The van der Waals surface area contributed by atoms with E-state index in [9.17, 15) is 26.7 Å². The highest BCUT2D eigenvalue weighted by molar-refractivity contribution is 9.09. The summed E-state index contributed by atoms with van der Waals surface area (Å²) < 4.78 is 65.3. The first-order valence-corrected chi connectivity index (χ1v) is 7.10. The fourth-order valence-electron chi connectivity index (χ4n) is 1.34. The minimum Gasteiger partial charge on any atom is -0.434 e. The number of ketones is 1. The summed E-state index contributed by atoms with van der Waals surface area (Å²) in [5.41, 5.74) is -4.82. The largest absolute Gasteiger partial charge is 0.446 e. The van der Waals surface area contributed by atoms with E-state index >= 15 is 0 Å². The number of hydrogen-bond donors (Lipinski definition) is 0. The highest BCUT2D eigenvalue weighted by Crippen LogP contribution is 2.38. The van der Waals surface area contributed by atoms with Gasteiger partial charge in [0.05, 0.1) is 5.56 Å². The molecular weight excluding hydrogens is 371 g/mol. The smallest absolute Gasteiger partial charge is 0.434 e. The molecule has 0 fully saturated rings. The lowest BCUT2D eigenvalue weighted by molar-refractivity contribution is -0.0502. The van der Waals surface area contributed by atoms with Crippen molar-refractivity contribution < 1.29 is 31.5 Å². The van der Waals surface area contributed by atoms with Gasteiger partial charge < -0.3 is 4.74 Å². The predicted octanol–water partition coefficient (Wildman–Crippen LogP) is 4.87. The maximum absolute atomic E-state index is 12.3. The molecule has 1 aromatic carbocycles. The van der Waals surface area contributed by atoms with E-state index in [-0.39, 0.29) is 22.2 Å². The summed E-state index contributed by atoms with van der Waals surface area (Å²) in [6.07, 6.45) is -0.0419. The summed E-state index contributed by atoms with van der Waals surface area (Å²) in [4.78, 5) is 11.5. The Morgan fingerprint density at radius 1 is 1.35 bits per heavy atom. The third-order valence-corrected chi connectivity index (χ3v) is 3.14. The van der Waals surface area contributed by atoms with E-state index in [0.29, 0.717) is 0 Å². The Bertz CT molecular complexity index is 478. The Labute approximate surface area is 123 Å². The Morgan fingerprint density at radius 2 is 2.00 bits per heavy atom. The van der Waals surface area contributed by atoms with E-state index in [1.54, 1.807) is 0 Å². The highest BCUT2D eigenvalue weighted by Gasteiger charge is 2.30. The fourth-order valence-corrected chi connectivity index (χ4v) is 2.28. The van der Waals surface area contributed by atoms with Gasteiger partial charge in [0.15, 0.2) is 5.78 Å². The molecule has 0 saturated carbocycles. The molecule has 0 spiro atoms. The Morgan fingerprint density at radius 3 is 2.50 bits per heavy atom. The van der Waals surface area contributed by atoms with Gasteiger partial charge in [-0.15, -0.1) is 0 Å². The van der Waals surface area contributed by atoms with Gasteiger partial charge in [-0.3, -0.25) is 4.79 Å². The Balaban J connectivity index is 3.11. The van der Waals surface area contributed by atoms with Crippen LogP contribution in [0.2, 0.25) is 0 Å². The molecule has 0 unspecified atom stereocenters. The molecule has 1 rings (SSSR count). The second-order valence-corrected chi connectivity index (χ2v) is 5.38. The summed E-state index contributed by atoms with van der Waals surface area (Å²) in [5, 5.41) is 0.261. The van der Waals surface area contributed by atoms with E-state index in [0.717, 1.165) is 18.2 Å². The summed E-state index contributed by atoms with van der Waals surface area (Å²) in [5.74, 6) is -1.01. The molecule has 20 heavy (non-hydrogen) atoms. The van der Waals surface area contributed by atoms with Crippen LogP contribution in [0.15, 0.2) is 23.1 Å². The third-order valence-electron chi connectivity index (χ3n) is 2.02. The average molecular weight is 379 g/mol. The molecule has 112 valence electrons. The van der Waals surface area contributed by atoms with Gasteiger partial charge in [-0.1, -0.05) is 15.9 Å². The summed E-state index contributed by atoms with van der Waals surface area (Å²) in [6, 6.07) is 2.81. The standard InChI is InChI=1S/C11H8BrF5O2S/c12-4-3-8(18)7-5-6(20-11(15,16)17)1-2-9(7)19-10(13)14/h1-2,5,10H,3-4H2. The number of hydrogen-bond acceptors (Lipinski definition) is 3. The van der Waals surface area contributed by atoms with Crippen molar-refractivity contribution in [1.82, 2.24) is 0 Å². The van der Waals surface area contributed by atoms with Gasteiger partial charge in [0.2, 0.25) is 0 Å². The molecule has 0 amide bonds. The van der Waals surface area contributed by atoms with Gasteiger partial charge in [0.25, 0.3) is 0 Å². The van der Waals surface area contributed by atoms with Crippen LogP contribution in [0.3, 0.4) is 0 Å². The first-order chi connectivity index (χ1) is 9.23. The maximum Gasteiger partial charge on any atom is 0.446 e. The first kappa shape index (κ1) is 17.2. The van der Waals surface area contributed by atoms with Crippen molar-refractivity contribution in [3.05, 3.63) is 23.8 Å². The molecule has 2 nitrogen and oxygen atoms in total. The zero-order chi connectivity index (χ0) is 15.3. The first-order valence-electron chi connectivity index (χ1n) is 5.16. The molecule has 0 aliphatic carbocycles. The van der Waals surface area contributed by atoms with Crippen LogP contribution >= 0.6 is 27.7 Å². The van der Waals surface area contributed by atoms with Crippen molar-refractivity contribution in [2.45, 2.75) is 23.4 Å². The molecule has 0 aliphatic heterocycles. The monoisotopic (exact) mass is 378 g/mol. The lowest BCUT2D eigenvalue weighted by atomic mass is 10.1. The lowest BCUT2D eigenvalue weighted by Gasteiger charge is -2.12. The lowest BCUT2D eigenvalue weighted by Crippen LogP contribution is -2.09. The number of rotatable bonds is 6. The summed E-state index contributed by atoms with van der Waals surface area (Å²) in [7, 11) is 0. The number of benzene rings is 1. The van der Waals surface area contributed by atoms with Gasteiger partial charge in [-0.05, 0) is 30.0 Å². The van der Waals surface area contributed by atoms with E-state index in [4.69, 9.17) is 0 Å². The Kier molecular flexibility index (Phi) is 6.25. The fraction of sp³-hybridized carbons (Fsp3) is 0.364. The molecule has 0 N–H and O–H groups in total. The van der Waals surface area contributed by atoms with Crippen LogP contribution in [0.25, 0.3) is 0 Å². The normalized spacial score (nSPS) is 11.8. The molecule has 0 bridgehead atoms. The van der Waals surface area contributed by atoms with Gasteiger partial charge >= 0.3 is 12.1 Å².